The number of anilines is 1. The molecule has 140 valence electrons. The number of benzene rings is 2. The van der Waals surface area contributed by atoms with E-state index in [1.54, 1.807) is 24.3 Å². The maximum Gasteiger partial charge on any atom is 0.306 e. The van der Waals surface area contributed by atoms with Crippen LogP contribution in [0.5, 0.6) is 5.75 Å². The molecule has 6 heteroatoms. The number of carbonyl (C=O) groups is 2. The zero-order chi connectivity index (χ0) is 19.5. The molecular weight excluding hydrogens is 344 g/mol. The van der Waals surface area contributed by atoms with Crippen molar-refractivity contribution in [3.8, 4) is 11.8 Å². The summed E-state index contributed by atoms with van der Waals surface area (Å²) in [5.74, 6) is -0.151. The Hall–Kier alpha value is -3.33. The topological polar surface area (TPSA) is 79.6 Å². The molecule has 0 bridgehead atoms. The van der Waals surface area contributed by atoms with Crippen LogP contribution in [0.3, 0.4) is 0 Å². The van der Waals surface area contributed by atoms with Crippen LogP contribution in [0, 0.1) is 18.3 Å². The molecule has 0 saturated heterocycles. The molecule has 0 aliphatic rings. The monoisotopic (exact) mass is 366 g/mol. The summed E-state index contributed by atoms with van der Waals surface area (Å²) in [5, 5.41) is 8.91. The third-order valence-corrected chi connectivity index (χ3v) is 3.74. The SMILES string of the molecule is Cc1cccc(OCCCC(=O)OCC(=O)N(CC#N)c2ccccc2)c1. The fourth-order valence-electron chi connectivity index (χ4n) is 2.41. The fourth-order valence-corrected chi connectivity index (χ4v) is 2.41. The molecule has 0 heterocycles. The molecule has 0 aliphatic heterocycles. The van der Waals surface area contributed by atoms with Gasteiger partial charge in [-0.15, -0.1) is 0 Å². The Morgan fingerprint density at radius 1 is 1.11 bits per heavy atom. The summed E-state index contributed by atoms with van der Waals surface area (Å²) >= 11 is 0. The molecule has 0 saturated carbocycles. The van der Waals surface area contributed by atoms with E-state index in [1.807, 2.05) is 43.3 Å². The number of nitrogens with zero attached hydrogens (tertiary/aromatic N) is 2. The fraction of sp³-hybridized carbons (Fsp3) is 0.286. The first-order valence-corrected chi connectivity index (χ1v) is 8.67. The van der Waals surface area contributed by atoms with Crippen LogP contribution in [0.2, 0.25) is 0 Å². The maximum absolute atomic E-state index is 12.3. The number of carbonyl (C=O) groups excluding carboxylic acids is 2. The van der Waals surface area contributed by atoms with Crippen LogP contribution < -0.4 is 9.64 Å². The second-order valence-electron chi connectivity index (χ2n) is 5.90. The molecule has 0 fully saturated rings. The largest absolute Gasteiger partial charge is 0.494 e. The highest BCUT2D eigenvalue weighted by molar-refractivity contribution is 5.95. The first kappa shape index (κ1) is 20.0. The third kappa shape index (κ3) is 6.83. The van der Waals surface area contributed by atoms with Gasteiger partial charge in [-0.2, -0.15) is 5.26 Å². The summed E-state index contributed by atoms with van der Waals surface area (Å²) in [4.78, 5) is 25.4. The number of rotatable bonds is 9. The predicted octanol–water partition coefficient (Wildman–Crippen LogP) is 3.25. The van der Waals surface area contributed by atoms with Crippen molar-refractivity contribution in [2.45, 2.75) is 19.8 Å². The second kappa shape index (κ2) is 10.6. The second-order valence-corrected chi connectivity index (χ2v) is 5.90. The molecular formula is C21H22N2O4. The highest BCUT2D eigenvalue weighted by Crippen LogP contribution is 2.14. The van der Waals surface area contributed by atoms with Gasteiger partial charge in [-0.05, 0) is 43.2 Å². The number of esters is 1. The van der Waals surface area contributed by atoms with Crippen LogP contribution in [0.4, 0.5) is 5.69 Å². The Balaban J connectivity index is 1.72. The molecule has 27 heavy (non-hydrogen) atoms. The van der Waals surface area contributed by atoms with Gasteiger partial charge in [0.15, 0.2) is 6.61 Å². The van der Waals surface area contributed by atoms with Gasteiger partial charge in [-0.25, -0.2) is 0 Å². The van der Waals surface area contributed by atoms with Gasteiger partial charge in [0.25, 0.3) is 5.91 Å². The van der Waals surface area contributed by atoms with E-state index in [2.05, 4.69) is 0 Å². The highest BCUT2D eigenvalue weighted by atomic mass is 16.5. The van der Waals surface area contributed by atoms with Crippen molar-refractivity contribution in [1.29, 1.82) is 5.26 Å². The normalized spacial score (nSPS) is 9.93. The smallest absolute Gasteiger partial charge is 0.306 e. The summed E-state index contributed by atoms with van der Waals surface area (Å²) < 4.78 is 10.6. The zero-order valence-corrected chi connectivity index (χ0v) is 15.3. The van der Waals surface area contributed by atoms with E-state index in [-0.39, 0.29) is 13.0 Å². The van der Waals surface area contributed by atoms with Crippen LogP contribution in [0.1, 0.15) is 18.4 Å². The lowest BCUT2D eigenvalue weighted by Crippen LogP contribution is -2.35. The summed E-state index contributed by atoms with van der Waals surface area (Å²) in [6, 6.07) is 18.4. The van der Waals surface area contributed by atoms with Gasteiger partial charge in [0.1, 0.15) is 12.3 Å². The molecule has 0 unspecified atom stereocenters. The lowest BCUT2D eigenvalue weighted by molar-refractivity contribution is -0.148. The first-order chi connectivity index (χ1) is 13.1. The summed E-state index contributed by atoms with van der Waals surface area (Å²) in [6.45, 7) is 1.86. The van der Waals surface area contributed by atoms with Gasteiger partial charge in [0.05, 0.1) is 12.7 Å². The van der Waals surface area contributed by atoms with E-state index in [1.165, 1.54) is 4.90 Å². The molecule has 6 nitrogen and oxygen atoms in total. The number of ether oxygens (including phenoxy) is 2. The van der Waals surface area contributed by atoms with Crippen molar-refractivity contribution >= 4 is 17.6 Å². The lowest BCUT2D eigenvalue weighted by atomic mass is 10.2. The van der Waals surface area contributed by atoms with E-state index in [0.717, 1.165) is 11.3 Å². The van der Waals surface area contributed by atoms with Gasteiger partial charge in [0, 0.05) is 12.1 Å². The van der Waals surface area contributed by atoms with Gasteiger partial charge in [-0.1, -0.05) is 30.3 Å². The van der Waals surface area contributed by atoms with E-state index in [9.17, 15) is 9.59 Å². The Morgan fingerprint density at radius 3 is 2.59 bits per heavy atom. The zero-order valence-electron chi connectivity index (χ0n) is 15.3. The number of nitriles is 1. The summed E-state index contributed by atoms with van der Waals surface area (Å²) in [5.41, 5.74) is 1.69. The van der Waals surface area contributed by atoms with Gasteiger partial charge < -0.3 is 9.47 Å². The number of aryl methyl sites for hydroxylation is 1. The average molecular weight is 366 g/mol. The molecule has 0 aromatic heterocycles. The first-order valence-electron chi connectivity index (χ1n) is 8.67. The Labute approximate surface area is 158 Å². The molecule has 0 N–H and O–H groups in total. The molecule has 2 aromatic carbocycles. The maximum atomic E-state index is 12.3. The Morgan fingerprint density at radius 2 is 1.89 bits per heavy atom. The van der Waals surface area contributed by atoms with E-state index >= 15 is 0 Å². The molecule has 0 aliphatic carbocycles. The number of para-hydroxylation sites is 1. The number of hydrogen-bond acceptors (Lipinski definition) is 5. The minimum absolute atomic E-state index is 0.106. The molecule has 2 rings (SSSR count). The standard InChI is InChI=1S/C21H22N2O4/c1-17-7-5-10-19(15-17)26-14-6-11-21(25)27-16-20(24)23(13-12-22)18-8-3-2-4-9-18/h2-5,7-10,15H,6,11,13-14,16H2,1H3. The molecule has 0 radical (unpaired) electrons. The lowest BCUT2D eigenvalue weighted by Gasteiger charge is -2.19. The molecule has 2 aromatic rings. The van der Waals surface area contributed by atoms with E-state index in [0.29, 0.717) is 18.7 Å². The van der Waals surface area contributed by atoms with Crippen LogP contribution in [-0.2, 0) is 14.3 Å². The minimum Gasteiger partial charge on any atom is -0.494 e. The van der Waals surface area contributed by atoms with Crippen molar-refractivity contribution in [1.82, 2.24) is 0 Å². The number of hydrogen-bond donors (Lipinski definition) is 0. The van der Waals surface area contributed by atoms with Crippen molar-refractivity contribution in [3.05, 3.63) is 60.2 Å². The van der Waals surface area contributed by atoms with Crippen molar-refractivity contribution in [2.24, 2.45) is 0 Å². The molecule has 1 amide bonds. The molecule has 0 spiro atoms. The van der Waals surface area contributed by atoms with Crippen LogP contribution in [0.25, 0.3) is 0 Å². The summed E-state index contributed by atoms with van der Waals surface area (Å²) in [6.07, 6.45) is 0.643. The minimum atomic E-state index is -0.471. The predicted molar refractivity (Wildman–Crippen MR) is 101 cm³/mol. The van der Waals surface area contributed by atoms with Crippen molar-refractivity contribution in [2.75, 3.05) is 24.7 Å². The number of amides is 1. The Kier molecular flexibility index (Phi) is 7.86. The van der Waals surface area contributed by atoms with Gasteiger partial charge in [-0.3, -0.25) is 14.5 Å². The van der Waals surface area contributed by atoms with Crippen LogP contribution >= 0.6 is 0 Å². The van der Waals surface area contributed by atoms with Crippen molar-refractivity contribution < 1.29 is 19.1 Å². The van der Waals surface area contributed by atoms with E-state index in [4.69, 9.17) is 14.7 Å². The third-order valence-electron chi connectivity index (χ3n) is 3.74. The van der Waals surface area contributed by atoms with Crippen LogP contribution in [0.15, 0.2) is 54.6 Å². The highest BCUT2D eigenvalue weighted by Gasteiger charge is 2.17. The Bertz CT molecular complexity index is 799. The van der Waals surface area contributed by atoms with E-state index < -0.39 is 18.5 Å². The quantitative estimate of drug-likeness (QED) is 0.387. The average Bonchev–Trinajstić information content (AvgIpc) is 2.68. The van der Waals surface area contributed by atoms with Crippen molar-refractivity contribution in [3.63, 3.8) is 0 Å². The van der Waals surface area contributed by atoms with Gasteiger partial charge in [0.2, 0.25) is 0 Å². The molecule has 0 atom stereocenters. The van der Waals surface area contributed by atoms with Crippen LogP contribution in [-0.4, -0.2) is 31.6 Å². The summed E-state index contributed by atoms with van der Waals surface area (Å²) in [7, 11) is 0. The van der Waals surface area contributed by atoms with Gasteiger partial charge >= 0.3 is 5.97 Å².